The minimum atomic E-state index is -0.803. The molecule has 2 saturated heterocycles. The summed E-state index contributed by atoms with van der Waals surface area (Å²) in [5.41, 5.74) is 1.18. The maximum atomic E-state index is 13.1. The zero-order valence-corrected chi connectivity index (χ0v) is 18.9. The Morgan fingerprint density at radius 1 is 1.18 bits per heavy atom. The summed E-state index contributed by atoms with van der Waals surface area (Å²) in [4.78, 5) is 35.3. The molecule has 10 heteroatoms. The van der Waals surface area contributed by atoms with E-state index in [1.165, 1.54) is 18.6 Å². The number of aliphatic hydroxyl groups excluding tert-OH is 1. The Hall–Kier alpha value is -2.59. The van der Waals surface area contributed by atoms with Gasteiger partial charge in [0.1, 0.15) is 11.8 Å². The fraction of sp³-hybridized carbons (Fsp3) is 0.478. The number of nitrogens with zero attached hydrogens (tertiary/aromatic N) is 3. The Morgan fingerprint density at radius 3 is 2.76 bits per heavy atom. The molecule has 0 aliphatic carbocycles. The number of fused-ring (bicyclic) bond motifs is 1. The normalized spacial score (nSPS) is 25.5. The number of ether oxygens (including phenoxy) is 2. The Balaban J connectivity index is 1.37. The second-order valence-corrected chi connectivity index (χ2v) is 8.72. The summed E-state index contributed by atoms with van der Waals surface area (Å²) in [6, 6.07) is 7.02. The number of benzene rings is 1. The van der Waals surface area contributed by atoms with Crippen LogP contribution in [0.4, 0.5) is 0 Å². The molecule has 33 heavy (non-hydrogen) atoms. The van der Waals surface area contributed by atoms with E-state index < -0.39 is 12.2 Å². The number of aromatic nitrogens is 2. The topological polar surface area (TPSA) is 114 Å². The summed E-state index contributed by atoms with van der Waals surface area (Å²) in [7, 11) is 0. The van der Waals surface area contributed by atoms with Crippen molar-refractivity contribution >= 4 is 23.4 Å². The number of carbonyl (C=O) groups is 2. The van der Waals surface area contributed by atoms with Crippen molar-refractivity contribution in [1.29, 1.82) is 0 Å². The molecule has 2 amide bonds. The molecular formula is C23H27ClN4O5. The van der Waals surface area contributed by atoms with Crippen molar-refractivity contribution < 1.29 is 24.2 Å². The largest absolute Gasteiger partial charge is 0.389 e. The van der Waals surface area contributed by atoms with Crippen molar-refractivity contribution in [3.8, 4) is 0 Å². The van der Waals surface area contributed by atoms with Crippen LogP contribution < -0.4 is 5.32 Å². The van der Waals surface area contributed by atoms with Gasteiger partial charge in [-0.25, -0.2) is 4.98 Å². The highest BCUT2D eigenvalue weighted by atomic mass is 35.5. The van der Waals surface area contributed by atoms with E-state index in [1.807, 2.05) is 12.1 Å². The van der Waals surface area contributed by atoms with Crippen LogP contribution in [0.3, 0.4) is 0 Å². The van der Waals surface area contributed by atoms with Crippen LogP contribution in [0, 0.1) is 0 Å². The predicted octanol–water partition coefficient (Wildman–Crippen LogP) is 1.59. The van der Waals surface area contributed by atoms with Gasteiger partial charge in [-0.15, -0.1) is 0 Å². The first-order chi connectivity index (χ1) is 16.0. The second-order valence-electron chi connectivity index (χ2n) is 8.29. The molecule has 0 saturated carbocycles. The van der Waals surface area contributed by atoms with E-state index in [0.717, 1.165) is 5.56 Å². The highest BCUT2D eigenvalue weighted by molar-refractivity contribution is 6.30. The van der Waals surface area contributed by atoms with E-state index in [2.05, 4.69) is 15.3 Å². The van der Waals surface area contributed by atoms with Crippen molar-refractivity contribution in [3.63, 3.8) is 0 Å². The standard InChI is InChI=1S/C23H27ClN4O5/c24-16-3-1-15(2-4-16)10-27-22(30)9-18-5-6-20-21(33-18)14-32-13-17(29)12-28(20)23(31)19-11-25-7-8-26-19/h1-4,7-8,11,17-18,20-21,29H,5-6,9-10,12-14H2,(H,27,30)/t17-,18-,20+,21-/m0/s1. The minimum Gasteiger partial charge on any atom is -0.389 e. The van der Waals surface area contributed by atoms with Crippen LogP contribution in [0.1, 0.15) is 35.3 Å². The molecular weight excluding hydrogens is 448 g/mol. The van der Waals surface area contributed by atoms with Gasteiger partial charge in [-0.2, -0.15) is 0 Å². The van der Waals surface area contributed by atoms with Gasteiger partial charge in [0.2, 0.25) is 5.91 Å². The lowest BCUT2D eigenvalue weighted by molar-refractivity contribution is -0.151. The van der Waals surface area contributed by atoms with Crippen LogP contribution in [0.15, 0.2) is 42.9 Å². The highest BCUT2D eigenvalue weighted by Gasteiger charge is 2.40. The van der Waals surface area contributed by atoms with Gasteiger partial charge in [-0.1, -0.05) is 23.7 Å². The van der Waals surface area contributed by atoms with Crippen molar-refractivity contribution in [3.05, 3.63) is 59.1 Å². The van der Waals surface area contributed by atoms with Gasteiger partial charge >= 0.3 is 0 Å². The number of rotatable bonds is 5. The average molecular weight is 475 g/mol. The van der Waals surface area contributed by atoms with Crippen LogP contribution in [0.25, 0.3) is 0 Å². The molecule has 4 rings (SSSR count). The molecule has 0 unspecified atom stereocenters. The van der Waals surface area contributed by atoms with Gasteiger partial charge in [0.15, 0.2) is 0 Å². The van der Waals surface area contributed by atoms with Crippen LogP contribution >= 0.6 is 11.6 Å². The molecule has 1 aromatic carbocycles. The van der Waals surface area contributed by atoms with Crippen molar-refractivity contribution in [2.45, 2.75) is 50.2 Å². The first-order valence-electron chi connectivity index (χ1n) is 11.0. The van der Waals surface area contributed by atoms with E-state index in [0.29, 0.717) is 24.4 Å². The molecule has 2 aliphatic rings. The van der Waals surface area contributed by atoms with Crippen LogP contribution in [0.5, 0.6) is 0 Å². The van der Waals surface area contributed by atoms with Gasteiger partial charge in [0.25, 0.3) is 5.91 Å². The van der Waals surface area contributed by atoms with E-state index in [1.54, 1.807) is 17.0 Å². The molecule has 2 aromatic rings. The minimum absolute atomic E-state index is 0.100. The number of carbonyl (C=O) groups excluding carboxylic acids is 2. The monoisotopic (exact) mass is 474 g/mol. The number of halogens is 1. The summed E-state index contributed by atoms with van der Waals surface area (Å²) in [5.74, 6) is -0.412. The maximum absolute atomic E-state index is 13.1. The number of hydrogen-bond donors (Lipinski definition) is 2. The summed E-state index contributed by atoms with van der Waals surface area (Å²) >= 11 is 5.89. The van der Waals surface area contributed by atoms with Gasteiger partial charge in [0, 0.05) is 30.5 Å². The lowest BCUT2D eigenvalue weighted by Crippen LogP contribution is -2.57. The van der Waals surface area contributed by atoms with Gasteiger partial charge in [-0.05, 0) is 30.5 Å². The molecule has 1 aromatic heterocycles. The maximum Gasteiger partial charge on any atom is 0.274 e. The number of β-amino-alcohol motifs (C(OH)–C–C–N with tert-alkyl or cyclic N) is 1. The van der Waals surface area contributed by atoms with Crippen LogP contribution in [-0.4, -0.2) is 75.9 Å². The Kier molecular flexibility index (Phi) is 7.87. The smallest absolute Gasteiger partial charge is 0.274 e. The van der Waals surface area contributed by atoms with E-state index >= 15 is 0 Å². The van der Waals surface area contributed by atoms with Crippen molar-refractivity contribution in [2.75, 3.05) is 19.8 Å². The third-order valence-corrected chi connectivity index (χ3v) is 6.09. The fourth-order valence-corrected chi connectivity index (χ4v) is 4.34. The average Bonchev–Trinajstić information content (AvgIpc) is 2.82. The molecule has 9 nitrogen and oxygen atoms in total. The summed E-state index contributed by atoms with van der Waals surface area (Å²) < 4.78 is 11.8. The summed E-state index contributed by atoms with van der Waals surface area (Å²) in [6.07, 6.45) is 4.35. The Labute approximate surface area is 197 Å². The predicted molar refractivity (Wildman–Crippen MR) is 119 cm³/mol. The third kappa shape index (κ3) is 6.26. The molecule has 2 N–H and O–H groups in total. The summed E-state index contributed by atoms with van der Waals surface area (Å²) in [5, 5.41) is 13.8. The molecule has 0 bridgehead atoms. The van der Waals surface area contributed by atoms with Gasteiger partial charge in [0.05, 0.1) is 44.1 Å². The lowest BCUT2D eigenvalue weighted by atomic mass is 9.94. The van der Waals surface area contributed by atoms with E-state index in [4.69, 9.17) is 21.1 Å². The zero-order valence-electron chi connectivity index (χ0n) is 18.1. The highest BCUT2D eigenvalue weighted by Crippen LogP contribution is 2.28. The molecule has 2 aliphatic heterocycles. The van der Waals surface area contributed by atoms with Crippen LogP contribution in [0.2, 0.25) is 5.02 Å². The molecule has 4 atom stereocenters. The fourth-order valence-electron chi connectivity index (χ4n) is 4.21. The molecule has 0 spiro atoms. The van der Waals surface area contributed by atoms with Crippen molar-refractivity contribution in [2.24, 2.45) is 0 Å². The quantitative estimate of drug-likeness (QED) is 0.676. The Bertz CT molecular complexity index is 946. The number of hydrogen-bond acceptors (Lipinski definition) is 7. The SMILES string of the molecule is O=C(C[C@@H]1CC[C@@H]2[C@H](COC[C@@H](O)CN2C(=O)c2cnccn2)O1)NCc1ccc(Cl)cc1. The number of aliphatic hydroxyl groups is 1. The molecule has 3 heterocycles. The van der Waals surface area contributed by atoms with E-state index in [-0.39, 0.29) is 55.8 Å². The molecule has 2 fully saturated rings. The third-order valence-electron chi connectivity index (χ3n) is 5.84. The van der Waals surface area contributed by atoms with Crippen LogP contribution in [-0.2, 0) is 20.8 Å². The number of nitrogens with one attached hydrogen (secondary N) is 1. The Morgan fingerprint density at radius 2 is 2.00 bits per heavy atom. The zero-order chi connectivity index (χ0) is 23.2. The van der Waals surface area contributed by atoms with Crippen molar-refractivity contribution in [1.82, 2.24) is 20.2 Å². The van der Waals surface area contributed by atoms with E-state index in [9.17, 15) is 14.7 Å². The second kappa shape index (κ2) is 11.0. The van der Waals surface area contributed by atoms with Gasteiger partial charge in [-0.3, -0.25) is 14.6 Å². The first kappa shape index (κ1) is 23.6. The number of amides is 2. The summed E-state index contributed by atoms with van der Waals surface area (Å²) in [6.45, 7) is 0.861. The first-order valence-corrected chi connectivity index (χ1v) is 11.4. The molecule has 176 valence electrons. The lowest BCUT2D eigenvalue weighted by Gasteiger charge is -2.44. The molecule has 0 radical (unpaired) electrons. The van der Waals surface area contributed by atoms with Gasteiger partial charge < -0.3 is 24.8 Å².